The number of carboxylic acids is 1. The zero-order valence-electron chi connectivity index (χ0n) is 6.73. The molecule has 0 amide bonds. The summed E-state index contributed by atoms with van der Waals surface area (Å²) in [4.78, 5) is 10.5. The number of carboxylic acid groups (broad SMARTS) is 1. The molecule has 1 atom stereocenters. The summed E-state index contributed by atoms with van der Waals surface area (Å²) in [5.41, 5.74) is 0.847. The summed E-state index contributed by atoms with van der Waals surface area (Å²) >= 11 is 0. The van der Waals surface area contributed by atoms with E-state index in [9.17, 15) is 4.79 Å². The Morgan fingerprint density at radius 1 is 1.33 bits per heavy atom. The molecule has 0 heterocycles. The molecule has 0 spiro atoms. The Labute approximate surface area is 77.6 Å². The predicted octanol–water partition coefficient (Wildman–Crippen LogP) is 2.30. The summed E-state index contributed by atoms with van der Waals surface area (Å²) in [6.45, 7) is 1.68. The average Bonchev–Trinajstić information content (AvgIpc) is 2.05. The lowest BCUT2D eigenvalue weighted by Gasteiger charge is -2.04. The molecule has 0 aromatic heterocycles. The monoisotopic (exact) mass is 186 g/mol. The maximum Gasteiger partial charge on any atom is 0.310 e. The number of hydrogen-bond acceptors (Lipinski definition) is 1. The van der Waals surface area contributed by atoms with Crippen LogP contribution in [0.4, 0.5) is 0 Å². The topological polar surface area (TPSA) is 37.3 Å². The Balaban J connectivity index is 0.00000121. The maximum atomic E-state index is 10.5. The van der Waals surface area contributed by atoms with Crippen LogP contribution in [0.25, 0.3) is 0 Å². The smallest absolute Gasteiger partial charge is 0.310 e. The maximum absolute atomic E-state index is 10.5. The standard InChI is InChI=1S/C9H10O2.ClH/c1-7(9(10)11)8-5-3-2-4-6-8;/h2-7H,1H3,(H,10,11);1H/t7-;/m1./s1. The van der Waals surface area contributed by atoms with Gasteiger partial charge in [0.2, 0.25) is 0 Å². The molecule has 3 heteroatoms. The SMILES string of the molecule is C[C@@H](C(=O)O)c1ccccc1.Cl. The number of carbonyl (C=O) groups is 1. The van der Waals surface area contributed by atoms with Gasteiger partial charge in [-0.1, -0.05) is 30.3 Å². The van der Waals surface area contributed by atoms with E-state index in [1.54, 1.807) is 6.92 Å². The van der Waals surface area contributed by atoms with Crippen LogP contribution in [0.1, 0.15) is 18.4 Å². The highest BCUT2D eigenvalue weighted by atomic mass is 35.5. The van der Waals surface area contributed by atoms with E-state index in [1.165, 1.54) is 0 Å². The van der Waals surface area contributed by atoms with Crippen LogP contribution in [0.15, 0.2) is 30.3 Å². The summed E-state index contributed by atoms with van der Waals surface area (Å²) in [7, 11) is 0. The molecule has 1 aromatic carbocycles. The van der Waals surface area contributed by atoms with E-state index in [4.69, 9.17) is 5.11 Å². The van der Waals surface area contributed by atoms with Gasteiger partial charge in [-0.2, -0.15) is 0 Å². The van der Waals surface area contributed by atoms with Crippen LogP contribution in [-0.2, 0) is 4.79 Å². The van der Waals surface area contributed by atoms with Gasteiger partial charge >= 0.3 is 5.97 Å². The second-order valence-electron chi connectivity index (χ2n) is 2.47. The van der Waals surface area contributed by atoms with Crippen molar-refractivity contribution in [1.82, 2.24) is 0 Å². The van der Waals surface area contributed by atoms with Crippen molar-refractivity contribution in [2.24, 2.45) is 0 Å². The van der Waals surface area contributed by atoms with Crippen LogP contribution >= 0.6 is 12.4 Å². The third kappa shape index (κ3) is 2.55. The van der Waals surface area contributed by atoms with Gasteiger partial charge in [0.05, 0.1) is 5.92 Å². The quantitative estimate of drug-likeness (QED) is 0.770. The van der Waals surface area contributed by atoms with E-state index in [0.29, 0.717) is 0 Å². The number of benzene rings is 1. The van der Waals surface area contributed by atoms with Crippen LogP contribution in [0.2, 0.25) is 0 Å². The lowest BCUT2D eigenvalue weighted by molar-refractivity contribution is -0.138. The molecule has 1 rings (SSSR count). The van der Waals surface area contributed by atoms with Crippen molar-refractivity contribution in [3.8, 4) is 0 Å². The average molecular weight is 187 g/mol. The molecule has 0 radical (unpaired) electrons. The highest BCUT2D eigenvalue weighted by Gasteiger charge is 2.11. The third-order valence-electron chi connectivity index (χ3n) is 1.67. The highest BCUT2D eigenvalue weighted by Crippen LogP contribution is 2.13. The molecule has 0 bridgehead atoms. The first-order valence-corrected chi connectivity index (χ1v) is 3.49. The Bertz CT molecular complexity index is 246. The Morgan fingerprint density at radius 2 is 1.83 bits per heavy atom. The first-order valence-electron chi connectivity index (χ1n) is 3.49. The Morgan fingerprint density at radius 3 is 2.25 bits per heavy atom. The molecular weight excluding hydrogens is 176 g/mol. The van der Waals surface area contributed by atoms with Crippen molar-refractivity contribution < 1.29 is 9.90 Å². The van der Waals surface area contributed by atoms with Crippen molar-refractivity contribution in [1.29, 1.82) is 0 Å². The molecule has 0 unspecified atom stereocenters. The molecule has 12 heavy (non-hydrogen) atoms. The molecule has 1 N–H and O–H groups in total. The van der Waals surface area contributed by atoms with Crippen LogP contribution in [0, 0.1) is 0 Å². The van der Waals surface area contributed by atoms with E-state index in [-0.39, 0.29) is 12.4 Å². The molecule has 66 valence electrons. The van der Waals surface area contributed by atoms with Crippen molar-refractivity contribution in [2.45, 2.75) is 12.8 Å². The minimum atomic E-state index is -0.781. The minimum absolute atomic E-state index is 0. The molecule has 0 aliphatic carbocycles. The van der Waals surface area contributed by atoms with Gasteiger partial charge in [0, 0.05) is 0 Å². The molecule has 0 fully saturated rings. The van der Waals surface area contributed by atoms with Crippen molar-refractivity contribution in [3.63, 3.8) is 0 Å². The van der Waals surface area contributed by atoms with Gasteiger partial charge in [-0.15, -0.1) is 12.4 Å². The van der Waals surface area contributed by atoms with Crippen molar-refractivity contribution >= 4 is 18.4 Å². The van der Waals surface area contributed by atoms with Crippen molar-refractivity contribution in [2.75, 3.05) is 0 Å². The number of hydrogen-bond donors (Lipinski definition) is 1. The summed E-state index contributed by atoms with van der Waals surface area (Å²) in [6, 6.07) is 9.19. The normalized spacial score (nSPS) is 11.4. The van der Waals surface area contributed by atoms with E-state index < -0.39 is 11.9 Å². The molecule has 0 aliphatic rings. The van der Waals surface area contributed by atoms with Gasteiger partial charge in [0.25, 0.3) is 0 Å². The number of aliphatic carboxylic acids is 1. The first kappa shape index (κ1) is 11.0. The molecule has 0 aliphatic heterocycles. The predicted molar refractivity (Wildman–Crippen MR) is 49.7 cm³/mol. The van der Waals surface area contributed by atoms with E-state index >= 15 is 0 Å². The summed E-state index contributed by atoms with van der Waals surface area (Å²) in [5, 5.41) is 8.64. The van der Waals surface area contributed by atoms with Gasteiger partial charge in [-0.05, 0) is 12.5 Å². The Hall–Kier alpha value is -1.02. The Kier molecular flexibility index (Phi) is 4.37. The fourth-order valence-corrected chi connectivity index (χ4v) is 0.884. The van der Waals surface area contributed by atoms with Gasteiger partial charge in [-0.3, -0.25) is 4.79 Å². The first-order chi connectivity index (χ1) is 5.22. The van der Waals surface area contributed by atoms with Gasteiger partial charge in [-0.25, -0.2) is 0 Å². The summed E-state index contributed by atoms with van der Waals surface area (Å²) in [5.74, 6) is -1.19. The summed E-state index contributed by atoms with van der Waals surface area (Å²) in [6.07, 6.45) is 0. The van der Waals surface area contributed by atoms with Crippen LogP contribution in [-0.4, -0.2) is 11.1 Å². The van der Waals surface area contributed by atoms with E-state index in [2.05, 4.69) is 0 Å². The molecule has 2 nitrogen and oxygen atoms in total. The van der Waals surface area contributed by atoms with Crippen LogP contribution in [0.5, 0.6) is 0 Å². The van der Waals surface area contributed by atoms with Crippen LogP contribution < -0.4 is 0 Å². The zero-order chi connectivity index (χ0) is 8.27. The summed E-state index contributed by atoms with van der Waals surface area (Å²) < 4.78 is 0. The van der Waals surface area contributed by atoms with Crippen LogP contribution in [0.3, 0.4) is 0 Å². The molecule has 0 saturated carbocycles. The molecule has 0 saturated heterocycles. The van der Waals surface area contributed by atoms with E-state index in [1.807, 2.05) is 30.3 Å². The number of rotatable bonds is 2. The lowest BCUT2D eigenvalue weighted by Crippen LogP contribution is -2.06. The largest absolute Gasteiger partial charge is 0.481 e. The van der Waals surface area contributed by atoms with Gasteiger partial charge < -0.3 is 5.11 Å². The highest BCUT2D eigenvalue weighted by molar-refractivity contribution is 5.85. The fraction of sp³-hybridized carbons (Fsp3) is 0.222. The number of halogens is 1. The fourth-order valence-electron chi connectivity index (χ4n) is 0.884. The van der Waals surface area contributed by atoms with E-state index in [0.717, 1.165) is 5.56 Å². The van der Waals surface area contributed by atoms with Gasteiger partial charge in [0.1, 0.15) is 0 Å². The van der Waals surface area contributed by atoms with Gasteiger partial charge in [0.15, 0.2) is 0 Å². The molecular formula is C9H11ClO2. The lowest BCUT2D eigenvalue weighted by atomic mass is 10.0. The zero-order valence-corrected chi connectivity index (χ0v) is 7.54. The molecule has 1 aromatic rings. The third-order valence-corrected chi connectivity index (χ3v) is 1.67. The second-order valence-corrected chi connectivity index (χ2v) is 2.47. The second kappa shape index (κ2) is 4.78. The minimum Gasteiger partial charge on any atom is -0.481 e. The van der Waals surface area contributed by atoms with Crippen molar-refractivity contribution in [3.05, 3.63) is 35.9 Å².